The summed E-state index contributed by atoms with van der Waals surface area (Å²) >= 11 is 0. The number of amides is 2. The average molecular weight is 213 g/mol. The Kier molecular flexibility index (Phi) is 4.55. The molecule has 86 valence electrons. The van der Waals surface area contributed by atoms with E-state index in [1.54, 1.807) is 0 Å². The highest BCUT2D eigenvalue weighted by Gasteiger charge is 2.27. The van der Waals surface area contributed by atoms with Crippen molar-refractivity contribution in [3.8, 4) is 0 Å². The molecule has 0 radical (unpaired) electrons. The lowest BCUT2D eigenvalue weighted by Gasteiger charge is -2.28. The summed E-state index contributed by atoms with van der Waals surface area (Å²) in [4.78, 5) is 21.9. The molecular formula is C10H19N3O2. The quantitative estimate of drug-likeness (QED) is 0.566. The maximum absolute atomic E-state index is 11.3. The molecule has 0 aliphatic carbocycles. The number of nitrogens with one attached hydrogen (secondary N) is 1. The maximum atomic E-state index is 11.3. The predicted octanol–water partition coefficient (Wildman–Crippen LogP) is -0.647. The lowest BCUT2D eigenvalue weighted by Crippen LogP contribution is -2.40. The summed E-state index contributed by atoms with van der Waals surface area (Å²) in [5.41, 5.74) is 10.4. The van der Waals surface area contributed by atoms with Crippen molar-refractivity contribution in [1.29, 1.82) is 0 Å². The highest BCUT2D eigenvalue weighted by Crippen LogP contribution is 2.23. The minimum atomic E-state index is -0.370. The van der Waals surface area contributed by atoms with Crippen LogP contribution in [-0.4, -0.2) is 24.9 Å². The fourth-order valence-corrected chi connectivity index (χ4v) is 2.13. The molecule has 1 rings (SSSR count). The first kappa shape index (κ1) is 12.0. The van der Waals surface area contributed by atoms with Gasteiger partial charge in [0.1, 0.15) is 0 Å². The summed E-state index contributed by atoms with van der Waals surface area (Å²) in [5.74, 6) is -0.643. The fraction of sp³-hybridized carbons (Fsp3) is 0.800. The number of hydrogen-bond acceptors (Lipinski definition) is 3. The van der Waals surface area contributed by atoms with Crippen molar-refractivity contribution in [3.63, 3.8) is 0 Å². The zero-order valence-corrected chi connectivity index (χ0v) is 8.87. The van der Waals surface area contributed by atoms with Crippen molar-refractivity contribution in [3.05, 3.63) is 0 Å². The molecule has 5 heteroatoms. The minimum absolute atomic E-state index is 0.217. The molecule has 0 spiro atoms. The monoisotopic (exact) mass is 213 g/mol. The van der Waals surface area contributed by atoms with E-state index in [1.165, 1.54) is 0 Å². The summed E-state index contributed by atoms with van der Waals surface area (Å²) in [7, 11) is 0. The molecule has 1 heterocycles. The number of carbonyl (C=O) groups excluding carboxylic acids is 2. The van der Waals surface area contributed by atoms with Crippen molar-refractivity contribution in [2.45, 2.75) is 25.7 Å². The van der Waals surface area contributed by atoms with Crippen molar-refractivity contribution in [2.75, 3.05) is 13.1 Å². The van der Waals surface area contributed by atoms with Gasteiger partial charge in [-0.05, 0) is 38.3 Å². The number of nitrogens with two attached hydrogens (primary N) is 2. The van der Waals surface area contributed by atoms with Crippen molar-refractivity contribution in [1.82, 2.24) is 5.32 Å². The van der Waals surface area contributed by atoms with Crippen LogP contribution in [0.4, 0.5) is 0 Å². The van der Waals surface area contributed by atoms with Gasteiger partial charge in [0.2, 0.25) is 11.8 Å². The molecule has 0 saturated carbocycles. The Morgan fingerprint density at radius 1 is 1.40 bits per heavy atom. The van der Waals surface area contributed by atoms with Crippen LogP contribution in [0.2, 0.25) is 0 Å². The first-order valence-corrected chi connectivity index (χ1v) is 5.39. The van der Waals surface area contributed by atoms with Crippen LogP contribution >= 0.6 is 0 Å². The van der Waals surface area contributed by atoms with Crippen LogP contribution in [0.5, 0.6) is 0 Å². The number of piperidine rings is 1. The van der Waals surface area contributed by atoms with E-state index in [9.17, 15) is 9.59 Å². The summed E-state index contributed by atoms with van der Waals surface area (Å²) in [6, 6.07) is 0. The minimum Gasteiger partial charge on any atom is -0.370 e. The molecule has 2 amide bonds. The predicted molar refractivity (Wildman–Crippen MR) is 56.7 cm³/mol. The van der Waals surface area contributed by atoms with Crippen LogP contribution in [0.1, 0.15) is 25.7 Å². The zero-order valence-electron chi connectivity index (χ0n) is 8.87. The Bertz CT molecular complexity index is 237. The summed E-state index contributed by atoms with van der Waals surface area (Å²) in [5, 5.41) is 3.23. The third-order valence-electron chi connectivity index (χ3n) is 2.97. The van der Waals surface area contributed by atoms with Gasteiger partial charge < -0.3 is 16.8 Å². The number of hydrogen-bond donors (Lipinski definition) is 3. The standard InChI is InChI=1S/C10H19N3O2/c11-9(14)4-3-8(10(12)15)7-2-1-5-13-6-7/h7-8,13H,1-6H2,(H2,11,14)(H2,12,15). The molecule has 5 N–H and O–H groups in total. The second-order valence-electron chi connectivity index (χ2n) is 4.12. The lowest BCUT2D eigenvalue weighted by molar-refractivity contribution is -0.124. The Balaban J connectivity index is 2.48. The van der Waals surface area contributed by atoms with Crippen molar-refractivity contribution in [2.24, 2.45) is 23.3 Å². The van der Waals surface area contributed by atoms with E-state index < -0.39 is 0 Å². The molecule has 1 saturated heterocycles. The Hall–Kier alpha value is -1.10. The first-order valence-electron chi connectivity index (χ1n) is 5.39. The molecule has 1 aliphatic rings. The largest absolute Gasteiger partial charge is 0.370 e. The van der Waals surface area contributed by atoms with Gasteiger partial charge in [-0.2, -0.15) is 0 Å². The molecular weight excluding hydrogens is 194 g/mol. The number of rotatable bonds is 5. The average Bonchev–Trinajstić information content (AvgIpc) is 2.18. The molecule has 0 aromatic rings. The zero-order chi connectivity index (χ0) is 11.3. The van der Waals surface area contributed by atoms with Crippen LogP contribution in [0.15, 0.2) is 0 Å². The second-order valence-corrected chi connectivity index (χ2v) is 4.12. The van der Waals surface area contributed by atoms with Crippen LogP contribution in [0.25, 0.3) is 0 Å². The molecule has 2 unspecified atom stereocenters. The van der Waals surface area contributed by atoms with Gasteiger partial charge in [-0.1, -0.05) is 0 Å². The molecule has 15 heavy (non-hydrogen) atoms. The third-order valence-corrected chi connectivity index (χ3v) is 2.97. The van der Waals surface area contributed by atoms with Crippen LogP contribution < -0.4 is 16.8 Å². The topological polar surface area (TPSA) is 98.2 Å². The van der Waals surface area contributed by atoms with Gasteiger partial charge in [0, 0.05) is 12.3 Å². The molecule has 1 aliphatic heterocycles. The molecule has 2 atom stereocenters. The molecule has 5 nitrogen and oxygen atoms in total. The van der Waals surface area contributed by atoms with E-state index in [0.29, 0.717) is 6.42 Å². The normalized spacial score (nSPS) is 23.3. The summed E-state index contributed by atoms with van der Waals surface area (Å²) < 4.78 is 0. The highest BCUT2D eigenvalue weighted by atomic mass is 16.1. The number of primary amides is 2. The van der Waals surface area contributed by atoms with Crippen LogP contribution in [-0.2, 0) is 9.59 Å². The Morgan fingerprint density at radius 3 is 2.60 bits per heavy atom. The van der Waals surface area contributed by atoms with E-state index >= 15 is 0 Å². The smallest absolute Gasteiger partial charge is 0.220 e. The van der Waals surface area contributed by atoms with Crippen molar-refractivity contribution < 1.29 is 9.59 Å². The number of carbonyl (C=O) groups is 2. The summed E-state index contributed by atoms with van der Waals surface area (Å²) in [6.45, 7) is 1.81. The molecule has 1 fully saturated rings. The van der Waals surface area contributed by atoms with Crippen LogP contribution in [0, 0.1) is 11.8 Å². The van der Waals surface area contributed by atoms with Gasteiger partial charge in [0.15, 0.2) is 0 Å². The second kappa shape index (κ2) is 5.70. The van der Waals surface area contributed by atoms with Gasteiger partial charge >= 0.3 is 0 Å². The third kappa shape index (κ3) is 3.87. The van der Waals surface area contributed by atoms with E-state index in [-0.39, 0.29) is 30.1 Å². The first-order chi connectivity index (χ1) is 7.11. The maximum Gasteiger partial charge on any atom is 0.220 e. The molecule has 0 bridgehead atoms. The van der Waals surface area contributed by atoms with Gasteiger partial charge in [-0.3, -0.25) is 9.59 Å². The fourth-order valence-electron chi connectivity index (χ4n) is 2.13. The summed E-state index contributed by atoms with van der Waals surface area (Å²) in [6.07, 6.45) is 2.78. The lowest BCUT2D eigenvalue weighted by atomic mass is 9.83. The Morgan fingerprint density at radius 2 is 2.13 bits per heavy atom. The van der Waals surface area contributed by atoms with E-state index in [2.05, 4.69) is 5.32 Å². The Labute approximate surface area is 89.6 Å². The van der Waals surface area contributed by atoms with E-state index in [0.717, 1.165) is 25.9 Å². The van der Waals surface area contributed by atoms with Crippen molar-refractivity contribution >= 4 is 11.8 Å². The van der Waals surface area contributed by atoms with E-state index in [4.69, 9.17) is 11.5 Å². The highest BCUT2D eigenvalue weighted by molar-refractivity contribution is 5.79. The van der Waals surface area contributed by atoms with Gasteiger partial charge in [0.25, 0.3) is 0 Å². The SMILES string of the molecule is NC(=O)CCC(C(N)=O)C1CCCNC1. The van der Waals surface area contributed by atoms with Gasteiger partial charge in [0.05, 0.1) is 0 Å². The van der Waals surface area contributed by atoms with Gasteiger partial charge in [-0.25, -0.2) is 0 Å². The molecule has 0 aromatic carbocycles. The van der Waals surface area contributed by atoms with E-state index in [1.807, 2.05) is 0 Å². The van der Waals surface area contributed by atoms with Gasteiger partial charge in [-0.15, -0.1) is 0 Å². The molecule has 0 aromatic heterocycles. The van der Waals surface area contributed by atoms with Crippen LogP contribution in [0.3, 0.4) is 0 Å².